The van der Waals surface area contributed by atoms with Gasteiger partial charge in [0, 0.05) is 27.7 Å². The zero-order chi connectivity index (χ0) is 21.3. The summed E-state index contributed by atoms with van der Waals surface area (Å²) in [7, 11) is 4.51. The van der Waals surface area contributed by atoms with E-state index in [9.17, 15) is 19.2 Å². The van der Waals surface area contributed by atoms with Crippen LogP contribution >= 0.6 is 0 Å². The Kier molecular flexibility index (Phi) is 5.55. The number of benzene rings is 1. The number of anilines is 1. The van der Waals surface area contributed by atoms with Gasteiger partial charge in [0.05, 0.1) is 23.8 Å². The molecule has 0 aliphatic carbocycles. The highest BCUT2D eigenvalue weighted by Gasteiger charge is 2.50. The third kappa shape index (κ3) is 3.54. The van der Waals surface area contributed by atoms with E-state index in [1.165, 1.54) is 25.1 Å². The Morgan fingerprint density at radius 1 is 1.21 bits per heavy atom. The summed E-state index contributed by atoms with van der Waals surface area (Å²) in [6.45, 7) is 0.584. The van der Waals surface area contributed by atoms with Crippen LogP contribution in [0.5, 0.6) is 0 Å². The number of nitrogens with two attached hydrogens (primary N) is 1. The van der Waals surface area contributed by atoms with Crippen molar-refractivity contribution in [1.82, 2.24) is 14.7 Å². The number of carbonyl (C=O) groups is 4. The van der Waals surface area contributed by atoms with E-state index in [-0.39, 0.29) is 29.5 Å². The van der Waals surface area contributed by atoms with E-state index < -0.39 is 29.9 Å². The van der Waals surface area contributed by atoms with Crippen LogP contribution in [0.15, 0.2) is 36.0 Å². The van der Waals surface area contributed by atoms with E-state index in [2.05, 4.69) is 5.32 Å². The number of carbonyl (C=O) groups excluding carboxylic acids is 4. The molecule has 2 atom stereocenters. The van der Waals surface area contributed by atoms with Crippen LogP contribution in [-0.4, -0.2) is 79.0 Å². The third-order valence-electron chi connectivity index (χ3n) is 5.10. The molecule has 1 aromatic rings. The number of rotatable bonds is 6. The summed E-state index contributed by atoms with van der Waals surface area (Å²) in [6, 6.07) is 5.92. The zero-order valence-corrected chi connectivity index (χ0v) is 16.4. The maximum atomic E-state index is 13.0. The van der Waals surface area contributed by atoms with Crippen molar-refractivity contribution in [1.29, 1.82) is 0 Å². The summed E-state index contributed by atoms with van der Waals surface area (Å²) in [6.07, 6.45) is 0.915. The molecule has 1 fully saturated rings. The lowest BCUT2D eigenvalue weighted by molar-refractivity contribution is -0.137. The van der Waals surface area contributed by atoms with Gasteiger partial charge in [0.15, 0.2) is 0 Å². The van der Waals surface area contributed by atoms with Crippen LogP contribution in [0.3, 0.4) is 0 Å². The van der Waals surface area contributed by atoms with Gasteiger partial charge in [-0.05, 0) is 18.2 Å². The minimum Gasteiger partial charge on any atom is -0.383 e. The fourth-order valence-corrected chi connectivity index (χ4v) is 3.65. The second kappa shape index (κ2) is 7.92. The van der Waals surface area contributed by atoms with Crippen molar-refractivity contribution in [3.63, 3.8) is 0 Å². The molecule has 0 saturated carbocycles. The molecule has 29 heavy (non-hydrogen) atoms. The highest BCUT2D eigenvalue weighted by Crippen LogP contribution is 2.34. The Morgan fingerprint density at radius 2 is 1.90 bits per heavy atom. The number of hydrogen-bond acceptors (Lipinski definition) is 6. The number of urea groups is 1. The molecule has 0 aromatic heterocycles. The number of primary amides is 1. The largest absolute Gasteiger partial charge is 0.383 e. The molecule has 154 valence electrons. The summed E-state index contributed by atoms with van der Waals surface area (Å²) in [5.41, 5.74) is 6.03. The molecule has 1 saturated heterocycles. The van der Waals surface area contributed by atoms with Gasteiger partial charge in [-0.15, -0.1) is 0 Å². The van der Waals surface area contributed by atoms with Crippen molar-refractivity contribution in [2.24, 2.45) is 11.7 Å². The second-order valence-electron chi connectivity index (χ2n) is 6.83. The minimum atomic E-state index is -0.688. The number of nitrogens with one attached hydrogen (secondary N) is 1. The number of ether oxygens (including phenoxy) is 1. The van der Waals surface area contributed by atoms with E-state index in [0.29, 0.717) is 6.54 Å². The predicted molar refractivity (Wildman–Crippen MR) is 103 cm³/mol. The molecular weight excluding hydrogens is 378 g/mol. The van der Waals surface area contributed by atoms with Crippen LogP contribution in [0.2, 0.25) is 0 Å². The van der Waals surface area contributed by atoms with Crippen molar-refractivity contribution in [2.75, 3.05) is 39.7 Å². The minimum absolute atomic E-state index is 0.170. The van der Waals surface area contributed by atoms with Gasteiger partial charge in [0.2, 0.25) is 5.91 Å². The van der Waals surface area contributed by atoms with E-state index in [4.69, 9.17) is 10.5 Å². The highest BCUT2D eigenvalue weighted by molar-refractivity contribution is 6.09. The van der Waals surface area contributed by atoms with Crippen molar-refractivity contribution in [3.8, 4) is 0 Å². The summed E-state index contributed by atoms with van der Waals surface area (Å²) in [4.78, 5) is 53.8. The second-order valence-corrected chi connectivity index (χ2v) is 6.83. The van der Waals surface area contributed by atoms with Crippen molar-refractivity contribution in [2.45, 2.75) is 6.17 Å². The van der Waals surface area contributed by atoms with Gasteiger partial charge in [0.1, 0.15) is 11.9 Å². The van der Waals surface area contributed by atoms with E-state index in [1.807, 2.05) is 0 Å². The van der Waals surface area contributed by atoms with Crippen LogP contribution in [0, 0.1) is 5.92 Å². The van der Waals surface area contributed by atoms with Gasteiger partial charge < -0.3 is 25.6 Å². The van der Waals surface area contributed by atoms with Crippen LogP contribution in [0.4, 0.5) is 10.5 Å². The quantitative estimate of drug-likeness (QED) is 0.693. The van der Waals surface area contributed by atoms with Crippen LogP contribution < -0.4 is 11.1 Å². The Morgan fingerprint density at radius 3 is 2.55 bits per heavy atom. The number of fused-ring (bicyclic) bond motifs is 1. The van der Waals surface area contributed by atoms with Crippen LogP contribution in [0.25, 0.3) is 0 Å². The molecule has 2 heterocycles. The lowest BCUT2D eigenvalue weighted by Gasteiger charge is -2.43. The average molecular weight is 401 g/mol. The molecule has 10 nitrogen and oxygen atoms in total. The van der Waals surface area contributed by atoms with Crippen molar-refractivity contribution in [3.05, 3.63) is 41.6 Å². The number of imide groups is 1. The molecule has 0 radical (unpaired) electrons. The normalized spacial score (nSPS) is 21.2. The first-order chi connectivity index (χ1) is 13.8. The number of hydrogen-bond donors (Lipinski definition) is 2. The Labute approximate surface area is 167 Å². The summed E-state index contributed by atoms with van der Waals surface area (Å²) < 4.78 is 5.13. The number of para-hydroxylation sites is 1. The van der Waals surface area contributed by atoms with Gasteiger partial charge in [-0.3, -0.25) is 19.3 Å². The molecule has 2 aliphatic rings. The van der Waals surface area contributed by atoms with Gasteiger partial charge in [0.25, 0.3) is 11.8 Å². The first-order valence-electron chi connectivity index (χ1n) is 8.99. The van der Waals surface area contributed by atoms with E-state index >= 15 is 0 Å². The van der Waals surface area contributed by atoms with Crippen LogP contribution in [0.1, 0.15) is 10.4 Å². The van der Waals surface area contributed by atoms with Crippen LogP contribution in [-0.2, 0) is 14.3 Å². The average Bonchev–Trinajstić information content (AvgIpc) is 3.09. The molecule has 5 amide bonds. The summed E-state index contributed by atoms with van der Waals surface area (Å²) in [5, 5.41) is 2.68. The highest BCUT2D eigenvalue weighted by atomic mass is 16.5. The molecule has 2 unspecified atom stereocenters. The van der Waals surface area contributed by atoms with Gasteiger partial charge >= 0.3 is 6.03 Å². The Hall–Kier alpha value is -3.40. The maximum absolute atomic E-state index is 13.0. The molecule has 10 heteroatoms. The van der Waals surface area contributed by atoms with E-state index in [1.54, 1.807) is 36.2 Å². The summed E-state index contributed by atoms with van der Waals surface area (Å²) >= 11 is 0. The molecule has 3 N–H and O–H groups in total. The van der Waals surface area contributed by atoms with Crippen molar-refractivity contribution >= 4 is 29.4 Å². The predicted octanol–water partition coefficient (Wildman–Crippen LogP) is 0.0360. The fraction of sp³-hybridized carbons (Fsp3) is 0.368. The molecule has 2 aliphatic heterocycles. The lowest BCUT2D eigenvalue weighted by Crippen LogP contribution is -2.62. The monoisotopic (exact) mass is 401 g/mol. The molecule has 0 spiro atoms. The topological polar surface area (TPSA) is 125 Å². The van der Waals surface area contributed by atoms with Gasteiger partial charge in [-0.25, -0.2) is 4.79 Å². The van der Waals surface area contributed by atoms with E-state index in [0.717, 1.165) is 4.90 Å². The van der Waals surface area contributed by atoms with Crippen molar-refractivity contribution < 1.29 is 23.9 Å². The zero-order valence-electron chi connectivity index (χ0n) is 16.4. The lowest BCUT2D eigenvalue weighted by atomic mass is 10.0. The smallest absolute Gasteiger partial charge is 0.327 e. The summed E-state index contributed by atoms with van der Waals surface area (Å²) in [5.74, 6) is -2.26. The fourth-order valence-electron chi connectivity index (χ4n) is 3.65. The third-order valence-corrected chi connectivity index (χ3v) is 5.10. The Bertz CT molecular complexity index is 899. The molecule has 0 bridgehead atoms. The van der Waals surface area contributed by atoms with Gasteiger partial charge in [-0.2, -0.15) is 0 Å². The number of methoxy groups -OCH3 is 1. The molecular formula is C19H23N5O5. The maximum Gasteiger partial charge on any atom is 0.327 e. The number of amides is 5. The standard InChI is InChI=1S/C19H23N5O5/c1-22-17-12(18(27)23(2)19(22)28)10-14(24(17)8-9-29-3)16(26)21-13-7-5-4-6-11(13)15(20)25/h4-7,10,12,17H,8-9H2,1-3H3,(H2,20,25)(H,21,26). The molecule has 3 rings (SSSR count). The SMILES string of the molecule is COCCN1C(C(=O)Nc2ccccc2C(N)=O)=CC2C(=O)N(C)C(=O)N(C)C21. The Balaban J connectivity index is 1.94. The molecule has 1 aromatic carbocycles. The first kappa shape index (κ1) is 20.3. The number of nitrogens with zero attached hydrogens (tertiary/aromatic N) is 3. The van der Waals surface area contributed by atoms with Gasteiger partial charge in [-0.1, -0.05) is 12.1 Å². The first-order valence-corrected chi connectivity index (χ1v) is 8.99.